The van der Waals surface area contributed by atoms with Crippen molar-refractivity contribution < 1.29 is 14.6 Å². The second kappa shape index (κ2) is 6.18. The van der Waals surface area contributed by atoms with E-state index in [4.69, 9.17) is 4.74 Å². The molecule has 7 heteroatoms. The number of aromatic amines is 1. The predicted molar refractivity (Wildman–Crippen MR) is 85.8 cm³/mol. The van der Waals surface area contributed by atoms with Crippen LogP contribution < -0.4 is 10.2 Å². The third-order valence-electron chi connectivity index (χ3n) is 3.27. The summed E-state index contributed by atoms with van der Waals surface area (Å²) in [6.45, 7) is 0. The minimum atomic E-state index is -0.413. The number of nitrogens with zero attached hydrogens (tertiary/aromatic N) is 2. The molecule has 3 rings (SSSR count). The monoisotopic (exact) mass is 310 g/mol. The molecule has 0 saturated heterocycles. The van der Waals surface area contributed by atoms with E-state index in [9.17, 15) is 9.90 Å². The Morgan fingerprint density at radius 2 is 2.17 bits per heavy atom. The highest BCUT2D eigenvalue weighted by atomic mass is 16.5. The number of hydrogen-bond acceptors (Lipinski definition) is 5. The average Bonchev–Trinajstić information content (AvgIpc) is 3.00. The quantitative estimate of drug-likeness (QED) is 0.507. The summed E-state index contributed by atoms with van der Waals surface area (Å²) in [6, 6.07) is 12.1. The lowest BCUT2D eigenvalue weighted by atomic mass is 10.2. The van der Waals surface area contributed by atoms with E-state index in [1.165, 1.54) is 19.4 Å². The van der Waals surface area contributed by atoms with E-state index >= 15 is 0 Å². The number of H-pyrrole nitrogens is 1. The molecule has 0 saturated carbocycles. The van der Waals surface area contributed by atoms with E-state index in [0.717, 1.165) is 10.9 Å². The number of phenols is 1. The van der Waals surface area contributed by atoms with E-state index in [0.29, 0.717) is 11.3 Å². The fourth-order valence-electron chi connectivity index (χ4n) is 2.13. The molecule has 3 aromatic rings. The number of ether oxygens (including phenoxy) is 1. The third-order valence-corrected chi connectivity index (χ3v) is 3.27. The van der Waals surface area contributed by atoms with Gasteiger partial charge in [0.15, 0.2) is 17.2 Å². The van der Waals surface area contributed by atoms with Gasteiger partial charge in [-0.3, -0.25) is 9.89 Å². The van der Waals surface area contributed by atoms with Gasteiger partial charge in [-0.1, -0.05) is 18.2 Å². The highest BCUT2D eigenvalue weighted by molar-refractivity contribution is 6.04. The van der Waals surface area contributed by atoms with Gasteiger partial charge >= 0.3 is 0 Å². The zero-order valence-electron chi connectivity index (χ0n) is 12.3. The highest BCUT2D eigenvalue weighted by Crippen LogP contribution is 2.25. The number of rotatable bonds is 4. The number of carbonyl (C=O) groups excluding carboxylic acids is 1. The number of aromatic hydroxyl groups is 1. The van der Waals surface area contributed by atoms with Crippen molar-refractivity contribution in [1.29, 1.82) is 0 Å². The molecule has 1 aromatic heterocycles. The lowest BCUT2D eigenvalue weighted by Gasteiger charge is -2.03. The van der Waals surface area contributed by atoms with E-state index in [1.807, 2.05) is 24.3 Å². The molecule has 0 atom stereocenters. The summed E-state index contributed by atoms with van der Waals surface area (Å²) in [7, 11) is 1.46. The molecule has 1 amide bonds. The maximum absolute atomic E-state index is 12.1. The summed E-state index contributed by atoms with van der Waals surface area (Å²) < 4.78 is 5.01. The first-order valence-electron chi connectivity index (χ1n) is 6.82. The molecule has 3 N–H and O–H groups in total. The molecule has 0 spiro atoms. The van der Waals surface area contributed by atoms with Crippen molar-refractivity contribution in [3.05, 3.63) is 53.7 Å². The topological polar surface area (TPSA) is 99.6 Å². The summed E-state index contributed by atoms with van der Waals surface area (Å²) in [6.07, 6.45) is 1.45. The van der Waals surface area contributed by atoms with Crippen LogP contribution in [0.1, 0.15) is 16.1 Å². The van der Waals surface area contributed by atoms with Gasteiger partial charge in [0.2, 0.25) is 0 Å². The van der Waals surface area contributed by atoms with E-state index in [2.05, 4.69) is 20.7 Å². The lowest BCUT2D eigenvalue weighted by molar-refractivity contribution is 0.0951. The molecule has 23 heavy (non-hydrogen) atoms. The van der Waals surface area contributed by atoms with Gasteiger partial charge in [-0.05, 0) is 29.8 Å². The fourth-order valence-corrected chi connectivity index (χ4v) is 2.13. The van der Waals surface area contributed by atoms with Crippen LogP contribution in [-0.2, 0) is 0 Å². The Hall–Kier alpha value is -3.35. The fraction of sp³-hybridized carbons (Fsp3) is 0.0625. The third kappa shape index (κ3) is 2.98. The van der Waals surface area contributed by atoms with Gasteiger partial charge in [0.1, 0.15) is 0 Å². The Morgan fingerprint density at radius 3 is 3.00 bits per heavy atom. The van der Waals surface area contributed by atoms with E-state index in [1.54, 1.807) is 12.1 Å². The van der Waals surface area contributed by atoms with Crippen molar-refractivity contribution in [3.63, 3.8) is 0 Å². The predicted octanol–water partition coefficient (Wildman–Crippen LogP) is 2.04. The molecular formula is C16H14N4O3. The largest absolute Gasteiger partial charge is 0.504 e. The van der Waals surface area contributed by atoms with Crippen LogP contribution in [0.2, 0.25) is 0 Å². The lowest BCUT2D eigenvalue weighted by Crippen LogP contribution is -2.18. The van der Waals surface area contributed by atoms with Gasteiger partial charge in [-0.2, -0.15) is 10.2 Å². The van der Waals surface area contributed by atoms with Crippen LogP contribution in [0.5, 0.6) is 11.5 Å². The maximum atomic E-state index is 12.1. The van der Waals surface area contributed by atoms with Gasteiger partial charge < -0.3 is 9.84 Å². The first kappa shape index (κ1) is 14.6. The normalized spacial score (nSPS) is 11.0. The number of amides is 1. The number of carbonyl (C=O) groups is 1. The first-order valence-corrected chi connectivity index (χ1v) is 6.82. The molecule has 0 unspecified atom stereocenters. The van der Waals surface area contributed by atoms with Gasteiger partial charge in [-0.25, -0.2) is 5.43 Å². The Morgan fingerprint density at radius 1 is 1.35 bits per heavy atom. The molecule has 1 heterocycles. The zero-order chi connectivity index (χ0) is 16.2. The summed E-state index contributed by atoms with van der Waals surface area (Å²) in [5.41, 5.74) is 4.16. The standard InChI is InChI=1S/C16H14N4O3/c1-23-14-8-10(6-7-13(14)21)9-17-20-16(22)15-11-4-2-3-5-12(11)18-19-15/h2-9,21H,1H3,(H,18,19)(H,20,22)/b17-9+. The van der Waals surface area contributed by atoms with Gasteiger partial charge in [0.25, 0.3) is 5.91 Å². The SMILES string of the molecule is COc1cc(/C=N/NC(=O)c2n[nH]c3ccccc23)ccc1O. The number of nitrogens with one attached hydrogen (secondary N) is 2. The van der Waals surface area contributed by atoms with Crippen molar-refractivity contribution in [2.75, 3.05) is 7.11 Å². The molecule has 116 valence electrons. The van der Waals surface area contributed by atoms with Crippen molar-refractivity contribution in [1.82, 2.24) is 15.6 Å². The number of aromatic nitrogens is 2. The van der Waals surface area contributed by atoms with Crippen LogP contribution in [0.3, 0.4) is 0 Å². The number of hydrazone groups is 1. The maximum Gasteiger partial charge on any atom is 0.292 e. The summed E-state index contributed by atoms with van der Waals surface area (Å²) in [5.74, 6) is -0.0420. The number of para-hydroxylation sites is 1. The summed E-state index contributed by atoms with van der Waals surface area (Å²) >= 11 is 0. The molecule has 0 fully saturated rings. The van der Waals surface area contributed by atoms with E-state index < -0.39 is 5.91 Å². The number of fused-ring (bicyclic) bond motifs is 1. The number of phenolic OH excluding ortho intramolecular Hbond substituents is 1. The van der Waals surface area contributed by atoms with Crippen molar-refractivity contribution in [2.24, 2.45) is 5.10 Å². The van der Waals surface area contributed by atoms with Crippen molar-refractivity contribution >= 4 is 23.0 Å². The van der Waals surface area contributed by atoms with Gasteiger partial charge in [0.05, 0.1) is 18.8 Å². The number of hydrogen-bond donors (Lipinski definition) is 3. The van der Waals surface area contributed by atoms with Gasteiger partial charge in [-0.15, -0.1) is 0 Å². The van der Waals surface area contributed by atoms with Gasteiger partial charge in [0, 0.05) is 5.39 Å². The van der Waals surface area contributed by atoms with Crippen LogP contribution in [0.4, 0.5) is 0 Å². The van der Waals surface area contributed by atoms with Crippen LogP contribution in [0, 0.1) is 0 Å². The molecule has 0 aliphatic carbocycles. The highest BCUT2D eigenvalue weighted by Gasteiger charge is 2.12. The van der Waals surface area contributed by atoms with Crippen LogP contribution in [0.25, 0.3) is 10.9 Å². The average molecular weight is 310 g/mol. The molecule has 0 bridgehead atoms. The first-order chi connectivity index (χ1) is 11.2. The molecular weight excluding hydrogens is 296 g/mol. The molecule has 7 nitrogen and oxygen atoms in total. The Kier molecular flexibility index (Phi) is 3.92. The summed E-state index contributed by atoms with van der Waals surface area (Å²) in [5, 5.41) is 20.9. The molecule has 0 aliphatic rings. The van der Waals surface area contributed by atoms with Crippen molar-refractivity contribution in [2.45, 2.75) is 0 Å². The Labute approximate surface area is 131 Å². The summed E-state index contributed by atoms with van der Waals surface area (Å²) in [4.78, 5) is 12.1. The number of benzene rings is 2. The molecule has 2 aromatic carbocycles. The second-order valence-corrected chi connectivity index (χ2v) is 4.75. The minimum absolute atomic E-state index is 0.0386. The smallest absolute Gasteiger partial charge is 0.292 e. The molecule has 0 aliphatic heterocycles. The van der Waals surface area contributed by atoms with Crippen LogP contribution in [0.15, 0.2) is 47.6 Å². The zero-order valence-corrected chi connectivity index (χ0v) is 12.3. The Bertz CT molecular complexity index is 886. The number of methoxy groups -OCH3 is 1. The second-order valence-electron chi connectivity index (χ2n) is 4.75. The van der Waals surface area contributed by atoms with Crippen molar-refractivity contribution in [3.8, 4) is 11.5 Å². The molecule has 0 radical (unpaired) electrons. The van der Waals surface area contributed by atoms with E-state index in [-0.39, 0.29) is 11.4 Å². The minimum Gasteiger partial charge on any atom is -0.504 e. The Balaban J connectivity index is 1.74. The van der Waals surface area contributed by atoms with Crippen LogP contribution >= 0.6 is 0 Å². The van der Waals surface area contributed by atoms with Crippen LogP contribution in [-0.4, -0.2) is 34.5 Å².